The summed E-state index contributed by atoms with van der Waals surface area (Å²) in [5.74, 6) is -0.0721. The summed E-state index contributed by atoms with van der Waals surface area (Å²) >= 11 is 5.85. The Morgan fingerprint density at radius 1 is 1.35 bits per heavy atom. The first-order valence-corrected chi connectivity index (χ1v) is 7.20. The van der Waals surface area contributed by atoms with Gasteiger partial charge in [0.05, 0.1) is 27.2 Å². The molecule has 0 unspecified atom stereocenters. The van der Waals surface area contributed by atoms with Crippen LogP contribution in [0.3, 0.4) is 0 Å². The summed E-state index contributed by atoms with van der Waals surface area (Å²) in [4.78, 5) is 0.135. The largest absolute Gasteiger partial charge is 0.224 e. The second-order valence-corrected chi connectivity index (χ2v) is 6.98. The van der Waals surface area contributed by atoms with Crippen LogP contribution in [0, 0.1) is 16.7 Å². The summed E-state index contributed by atoms with van der Waals surface area (Å²) < 4.78 is 24.0. The van der Waals surface area contributed by atoms with Crippen LogP contribution in [0.1, 0.15) is 20.3 Å². The number of benzene rings is 1. The van der Waals surface area contributed by atoms with Gasteiger partial charge in [-0.15, -0.1) is 0 Å². The normalized spacial score (nSPS) is 12.1. The number of hydrogen-bond acceptors (Lipinski definition) is 3. The van der Waals surface area contributed by atoms with Crippen molar-refractivity contribution >= 4 is 21.4 Å². The molecule has 0 aliphatic carbocycles. The number of nitrogens with zero attached hydrogens (tertiary/aromatic N) is 1. The lowest BCUT2D eigenvalue weighted by atomic mass is 9.93. The smallest absolute Gasteiger partial charge is 0.179 e. The standard InChI is InChI=1S/C12H14ClNO2S/c1-12(2,9-14)7-8-17(15,16)11-6-4-3-5-10(11)13/h3-6H,7-8H2,1-2H3. The predicted octanol–water partition coefficient (Wildman–Crippen LogP) is 3.05. The minimum absolute atomic E-state index is 0.0721. The minimum atomic E-state index is -3.42. The van der Waals surface area contributed by atoms with Gasteiger partial charge in [-0.2, -0.15) is 5.26 Å². The van der Waals surface area contributed by atoms with Crippen molar-refractivity contribution in [2.45, 2.75) is 25.2 Å². The second-order valence-electron chi connectivity index (χ2n) is 4.49. The van der Waals surface area contributed by atoms with E-state index in [2.05, 4.69) is 6.07 Å². The van der Waals surface area contributed by atoms with E-state index in [0.717, 1.165) is 0 Å². The van der Waals surface area contributed by atoms with Gasteiger partial charge in [0.1, 0.15) is 0 Å². The fourth-order valence-electron chi connectivity index (χ4n) is 1.25. The highest BCUT2D eigenvalue weighted by molar-refractivity contribution is 7.91. The molecule has 0 saturated carbocycles. The van der Waals surface area contributed by atoms with Gasteiger partial charge in [-0.05, 0) is 32.4 Å². The summed E-state index contributed by atoms with van der Waals surface area (Å²) in [6.45, 7) is 3.43. The molecule has 1 aromatic carbocycles. The SMILES string of the molecule is CC(C)(C#N)CCS(=O)(=O)c1ccccc1Cl. The van der Waals surface area contributed by atoms with E-state index in [1.54, 1.807) is 32.0 Å². The van der Waals surface area contributed by atoms with E-state index in [1.807, 2.05) is 0 Å². The Morgan fingerprint density at radius 3 is 2.47 bits per heavy atom. The van der Waals surface area contributed by atoms with Crippen molar-refractivity contribution in [1.82, 2.24) is 0 Å². The van der Waals surface area contributed by atoms with E-state index >= 15 is 0 Å². The number of halogens is 1. The summed E-state index contributed by atoms with van der Waals surface area (Å²) in [5.41, 5.74) is -0.645. The molecule has 0 aliphatic heterocycles. The fraction of sp³-hybridized carbons (Fsp3) is 0.417. The maximum Gasteiger partial charge on any atom is 0.179 e. The van der Waals surface area contributed by atoms with Gasteiger partial charge in [0.15, 0.2) is 9.84 Å². The number of rotatable bonds is 4. The first kappa shape index (κ1) is 14.0. The van der Waals surface area contributed by atoms with Crippen molar-refractivity contribution in [3.05, 3.63) is 29.3 Å². The number of hydrogen-bond donors (Lipinski definition) is 0. The Hall–Kier alpha value is -1.05. The second kappa shape index (κ2) is 5.07. The Kier molecular flexibility index (Phi) is 4.18. The van der Waals surface area contributed by atoms with Gasteiger partial charge in [-0.3, -0.25) is 0 Å². The van der Waals surface area contributed by atoms with Gasteiger partial charge in [0, 0.05) is 0 Å². The monoisotopic (exact) mass is 271 g/mol. The van der Waals surface area contributed by atoms with E-state index in [4.69, 9.17) is 16.9 Å². The van der Waals surface area contributed by atoms with Gasteiger partial charge < -0.3 is 0 Å². The first-order chi connectivity index (χ1) is 7.78. The predicted molar refractivity (Wildman–Crippen MR) is 67.5 cm³/mol. The first-order valence-electron chi connectivity index (χ1n) is 5.17. The molecule has 0 aliphatic rings. The van der Waals surface area contributed by atoms with Gasteiger partial charge in [0.2, 0.25) is 0 Å². The minimum Gasteiger partial charge on any atom is -0.224 e. The zero-order valence-corrected chi connectivity index (χ0v) is 11.3. The number of sulfone groups is 1. The molecule has 0 heterocycles. The topological polar surface area (TPSA) is 57.9 Å². The zero-order valence-electron chi connectivity index (χ0n) is 9.77. The maximum absolute atomic E-state index is 12.0. The van der Waals surface area contributed by atoms with Crippen molar-refractivity contribution in [3.8, 4) is 6.07 Å². The van der Waals surface area contributed by atoms with Crippen LogP contribution >= 0.6 is 11.6 Å². The van der Waals surface area contributed by atoms with Crippen LogP contribution in [0.2, 0.25) is 5.02 Å². The van der Waals surface area contributed by atoms with Gasteiger partial charge in [0.25, 0.3) is 0 Å². The van der Waals surface area contributed by atoms with Gasteiger partial charge >= 0.3 is 0 Å². The van der Waals surface area contributed by atoms with Crippen LogP contribution in [-0.4, -0.2) is 14.2 Å². The summed E-state index contributed by atoms with van der Waals surface area (Å²) in [5, 5.41) is 9.07. The highest BCUT2D eigenvalue weighted by Gasteiger charge is 2.23. The molecule has 0 radical (unpaired) electrons. The highest BCUT2D eigenvalue weighted by atomic mass is 35.5. The Morgan fingerprint density at radius 2 is 1.94 bits per heavy atom. The molecule has 0 saturated heterocycles. The van der Waals surface area contributed by atoms with Crippen molar-refractivity contribution < 1.29 is 8.42 Å². The van der Waals surface area contributed by atoms with E-state index in [9.17, 15) is 8.42 Å². The van der Waals surface area contributed by atoms with Crippen molar-refractivity contribution in [3.63, 3.8) is 0 Å². The third-order valence-corrected chi connectivity index (χ3v) is 4.68. The lowest BCUT2D eigenvalue weighted by molar-refractivity contribution is 0.473. The van der Waals surface area contributed by atoms with Gasteiger partial charge in [-0.1, -0.05) is 23.7 Å². The molecule has 0 bridgehead atoms. The fourth-order valence-corrected chi connectivity index (χ4v) is 3.39. The van der Waals surface area contributed by atoms with E-state index < -0.39 is 15.3 Å². The molecular formula is C12H14ClNO2S. The van der Waals surface area contributed by atoms with E-state index in [0.29, 0.717) is 0 Å². The Labute approximate surface area is 107 Å². The average molecular weight is 272 g/mol. The van der Waals surface area contributed by atoms with Crippen LogP contribution in [-0.2, 0) is 9.84 Å². The highest BCUT2D eigenvalue weighted by Crippen LogP contribution is 2.26. The summed E-state index contributed by atoms with van der Waals surface area (Å²) in [6.07, 6.45) is 0.289. The van der Waals surface area contributed by atoms with Crippen LogP contribution in [0.4, 0.5) is 0 Å². The zero-order chi connectivity index (χ0) is 13.1. The molecule has 3 nitrogen and oxygen atoms in total. The molecule has 0 atom stereocenters. The molecule has 92 valence electrons. The van der Waals surface area contributed by atoms with Crippen LogP contribution in [0.25, 0.3) is 0 Å². The van der Waals surface area contributed by atoms with E-state index in [1.165, 1.54) is 6.07 Å². The lowest BCUT2D eigenvalue weighted by Crippen LogP contribution is -2.16. The Balaban J connectivity index is 2.92. The molecule has 0 aromatic heterocycles. The Bertz CT molecular complexity index is 544. The third kappa shape index (κ3) is 3.72. The lowest BCUT2D eigenvalue weighted by Gasteiger charge is -2.15. The molecule has 0 fully saturated rings. The quantitative estimate of drug-likeness (QED) is 0.846. The number of nitriles is 1. The van der Waals surface area contributed by atoms with Crippen LogP contribution < -0.4 is 0 Å². The summed E-state index contributed by atoms with van der Waals surface area (Å²) in [7, 11) is -3.42. The average Bonchev–Trinajstić information content (AvgIpc) is 2.27. The molecule has 0 N–H and O–H groups in total. The molecule has 1 rings (SSSR count). The molecule has 1 aromatic rings. The maximum atomic E-state index is 12.0. The van der Waals surface area contributed by atoms with Gasteiger partial charge in [-0.25, -0.2) is 8.42 Å². The molecule has 17 heavy (non-hydrogen) atoms. The molecular weight excluding hydrogens is 258 g/mol. The van der Waals surface area contributed by atoms with Crippen LogP contribution in [0.5, 0.6) is 0 Å². The van der Waals surface area contributed by atoms with Crippen LogP contribution in [0.15, 0.2) is 29.2 Å². The van der Waals surface area contributed by atoms with Crippen molar-refractivity contribution in [2.24, 2.45) is 5.41 Å². The molecule has 0 amide bonds. The van der Waals surface area contributed by atoms with E-state index in [-0.39, 0.29) is 22.1 Å². The van der Waals surface area contributed by atoms with Crippen molar-refractivity contribution in [1.29, 1.82) is 5.26 Å². The molecule has 0 spiro atoms. The summed E-state index contributed by atoms with van der Waals surface area (Å²) in [6, 6.07) is 8.43. The molecule has 5 heteroatoms. The van der Waals surface area contributed by atoms with Crippen molar-refractivity contribution in [2.75, 3.05) is 5.75 Å². The third-order valence-electron chi connectivity index (χ3n) is 2.47.